The standard InChI is InChI=1S/C23H30N4O2/c1-17-5-7-20(8-6-17)29-22-21(24-11-12-25-22)19-4-3-13-27(16-19)23(28)18-9-14-26(2)15-10-18/h5-8,11-12,18-19H,3-4,9-10,13-16H2,1-2H3/t19-/m0/s1. The lowest BCUT2D eigenvalue weighted by Crippen LogP contribution is -2.45. The lowest BCUT2D eigenvalue weighted by atomic mass is 9.91. The molecule has 2 saturated heterocycles. The largest absolute Gasteiger partial charge is 0.437 e. The second kappa shape index (κ2) is 8.91. The Morgan fingerprint density at radius 2 is 1.76 bits per heavy atom. The number of likely N-dealkylation sites (tertiary alicyclic amines) is 2. The molecular formula is C23H30N4O2. The monoisotopic (exact) mass is 394 g/mol. The first-order valence-electron chi connectivity index (χ1n) is 10.6. The third-order valence-electron chi connectivity index (χ3n) is 6.11. The van der Waals surface area contributed by atoms with Crippen molar-refractivity contribution in [2.24, 2.45) is 5.92 Å². The van der Waals surface area contributed by atoms with Crippen LogP contribution in [0, 0.1) is 12.8 Å². The lowest BCUT2D eigenvalue weighted by molar-refractivity contribution is -0.138. The van der Waals surface area contributed by atoms with Crippen LogP contribution < -0.4 is 4.74 Å². The number of amides is 1. The van der Waals surface area contributed by atoms with E-state index in [1.165, 1.54) is 5.56 Å². The van der Waals surface area contributed by atoms with Crippen molar-refractivity contribution >= 4 is 5.91 Å². The van der Waals surface area contributed by atoms with Gasteiger partial charge in [-0.25, -0.2) is 4.98 Å². The molecule has 6 nitrogen and oxygen atoms in total. The van der Waals surface area contributed by atoms with E-state index in [-0.39, 0.29) is 11.8 Å². The summed E-state index contributed by atoms with van der Waals surface area (Å²) < 4.78 is 6.06. The number of carbonyl (C=O) groups excluding carboxylic acids is 1. The van der Waals surface area contributed by atoms with E-state index in [2.05, 4.69) is 33.7 Å². The number of hydrogen-bond donors (Lipinski definition) is 0. The van der Waals surface area contributed by atoms with Crippen LogP contribution in [0.1, 0.15) is 42.9 Å². The van der Waals surface area contributed by atoms with Gasteiger partial charge in [0.2, 0.25) is 11.8 Å². The van der Waals surface area contributed by atoms with Crippen molar-refractivity contribution in [2.45, 2.75) is 38.5 Å². The van der Waals surface area contributed by atoms with E-state index >= 15 is 0 Å². The molecule has 0 bridgehead atoms. The van der Waals surface area contributed by atoms with Crippen LogP contribution in [0.25, 0.3) is 0 Å². The summed E-state index contributed by atoms with van der Waals surface area (Å²) in [7, 11) is 2.13. The fraction of sp³-hybridized carbons (Fsp3) is 0.522. The quantitative estimate of drug-likeness (QED) is 0.793. The minimum Gasteiger partial charge on any atom is -0.437 e. The number of hydrogen-bond acceptors (Lipinski definition) is 5. The highest BCUT2D eigenvalue weighted by molar-refractivity contribution is 5.79. The lowest BCUT2D eigenvalue weighted by Gasteiger charge is -2.37. The Labute approximate surface area is 172 Å². The van der Waals surface area contributed by atoms with Gasteiger partial charge in [-0.2, -0.15) is 0 Å². The molecule has 6 heteroatoms. The Hall–Kier alpha value is -2.47. The first-order valence-corrected chi connectivity index (χ1v) is 10.6. The van der Waals surface area contributed by atoms with Gasteiger partial charge in [0.1, 0.15) is 11.4 Å². The molecule has 0 spiro atoms. The van der Waals surface area contributed by atoms with Crippen molar-refractivity contribution in [2.75, 3.05) is 33.2 Å². The molecule has 154 valence electrons. The molecule has 0 radical (unpaired) electrons. The summed E-state index contributed by atoms with van der Waals surface area (Å²) in [5.41, 5.74) is 2.04. The third-order valence-corrected chi connectivity index (χ3v) is 6.11. The zero-order chi connectivity index (χ0) is 20.2. The van der Waals surface area contributed by atoms with Gasteiger partial charge in [-0.3, -0.25) is 9.78 Å². The van der Waals surface area contributed by atoms with Crippen LogP contribution in [-0.2, 0) is 4.79 Å². The van der Waals surface area contributed by atoms with E-state index in [0.717, 1.165) is 56.8 Å². The molecule has 2 aliphatic rings. The van der Waals surface area contributed by atoms with Crippen LogP contribution in [-0.4, -0.2) is 58.9 Å². The van der Waals surface area contributed by atoms with E-state index in [9.17, 15) is 4.79 Å². The Kier molecular flexibility index (Phi) is 6.09. The van der Waals surface area contributed by atoms with Gasteiger partial charge in [-0.05, 0) is 64.9 Å². The number of aromatic nitrogens is 2. The predicted molar refractivity (Wildman–Crippen MR) is 112 cm³/mol. The molecular weight excluding hydrogens is 364 g/mol. The summed E-state index contributed by atoms with van der Waals surface area (Å²) in [5, 5.41) is 0. The Balaban J connectivity index is 1.47. The summed E-state index contributed by atoms with van der Waals surface area (Å²) in [4.78, 5) is 26.5. The summed E-state index contributed by atoms with van der Waals surface area (Å²) >= 11 is 0. The average Bonchev–Trinajstić information content (AvgIpc) is 2.76. The van der Waals surface area contributed by atoms with Crippen molar-refractivity contribution in [3.8, 4) is 11.6 Å². The second-order valence-electron chi connectivity index (χ2n) is 8.36. The predicted octanol–water partition coefficient (Wildman–Crippen LogP) is 3.63. The van der Waals surface area contributed by atoms with Gasteiger partial charge in [0.25, 0.3) is 0 Å². The number of nitrogens with zero attached hydrogens (tertiary/aromatic N) is 4. The number of rotatable bonds is 4. The Bertz CT molecular complexity index is 831. The van der Waals surface area contributed by atoms with E-state index < -0.39 is 0 Å². The normalized spacial score (nSPS) is 21.2. The summed E-state index contributed by atoms with van der Waals surface area (Å²) in [6, 6.07) is 7.94. The number of aryl methyl sites for hydroxylation is 1. The number of carbonyl (C=O) groups is 1. The molecule has 1 atom stereocenters. The molecule has 2 aliphatic heterocycles. The second-order valence-corrected chi connectivity index (χ2v) is 8.36. The Morgan fingerprint density at radius 1 is 1.03 bits per heavy atom. The highest BCUT2D eigenvalue weighted by Gasteiger charge is 2.32. The first-order chi connectivity index (χ1) is 14.1. The minimum atomic E-state index is 0.160. The molecule has 0 aliphatic carbocycles. The smallest absolute Gasteiger partial charge is 0.241 e. The SMILES string of the molecule is Cc1ccc(Oc2nccnc2[C@H]2CCCN(C(=O)C3CCN(C)CC3)C2)cc1. The molecule has 29 heavy (non-hydrogen) atoms. The van der Waals surface area contributed by atoms with E-state index in [0.29, 0.717) is 18.3 Å². The third kappa shape index (κ3) is 4.75. The van der Waals surface area contributed by atoms with Gasteiger partial charge in [0.05, 0.1) is 0 Å². The molecule has 0 N–H and O–H groups in total. The van der Waals surface area contributed by atoms with Crippen LogP contribution in [0.3, 0.4) is 0 Å². The molecule has 0 unspecified atom stereocenters. The van der Waals surface area contributed by atoms with Crippen molar-refractivity contribution in [3.63, 3.8) is 0 Å². The summed E-state index contributed by atoms with van der Waals surface area (Å²) in [6.07, 6.45) is 7.29. The van der Waals surface area contributed by atoms with Crippen molar-refractivity contribution in [1.82, 2.24) is 19.8 Å². The van der Waals surface area contributed by atoms with Crippen molar-refractivity contribution < 1.29 is 9.53 Å². The number of piperidine rings is 2. The Morgan fingerprint density at radius 3 is 2.52 bits per heavy atom. The number of benzene rings is 1. The van der Waals surface area contributed by atoms with E-state index in [1.54, 1.807) is 12.4 Å². The first kappa shape index (κ1) is 19.8. The molecule has 2 aromatic rings. The molecule has 2 fully saturated rings. The van der Waals surface area contributed by atoms with Gasteiger partial charge >= 0.3 is 0 Å². The molecule has 0 saturated carbocycles. The molecule has 3 heterocycles. The van der Waals surface area contributed by atoms with E-state index in [1.807, 2.05) is 24.3 Å². The van der Waals surface area contributed by atoms with Gasteiger partial charge in [-0.1, -0.05) is 17.7 Å². The van der Waals surface area contributed by atoms with E-state index in [4.69, 9.17) is 4.74 Å². The number of ether oxygens (including phenoxy) is 1. The van der Waals surface area contributed by atoms with Gasteiger partial charge in [-0.15, -0.1) is 0 Å². The molecule has 1 amide bonds. The summed E-state index contributed by atoms with van der Waals surface area (Å²) in [5.74, 6) is 1.94. The van der Waals surface area contributed by atoms with Gasteiger partial charge in [0, 0.05) is 37.3 Å². The maximum absolute atomic E-state index is 13.1. The van der Waals surface area contributed by atoms with Crippen LogP contribution in [0.2, 0.25) is 0 Å². The molecule has 1 aromatic carbocycles. The fourth-order valence-corrected chi connectivity index (χ4v) is 4.33. The van der Waals surface area contributed by atoms with Crippen molar-refractivity contribution in [1.29, 1.82) is 0 Å². The summed E-state index contributed by atoms with van der Waals surface area (Å²) in [6.45, 7) is 5.61. The highest BCUT2D eigenvalue weighted by atomic mass is 16.5. The van der Waals surface area contributed by atoms with Crippen LogP contribution in [0.5, 0.6) is 11.6 Å². The van der Waals surface area contributed by atoms with Gasteiger partial charge < -0.3 is 14.5 Å². The van der Waals surface area contributed by atoms with Crippen LogP contribution >= 0.6 is 0 Å². The fourth-order valence-electron chi connectivity index (χ4n) is 4.33. The topological polar surface area (TPSA) is 58.6 Å². The zero-order valence-corrected chi connectivity index (χ0v) is 17.4. The molecule has 4 rings (SSSR count). The maximum Gasteiger partial charge on any atom is 0.241 e. The average molecular weight is 395 g/mol. The van der Waals surface area contributed by atoms with Crippen LogP contribution in [0.4, 0.5) is 0 Å². The van der Waals surface area contributed by atoms with Crippen molar-refractivity contribution in [3.05, 3.63) is 47.9 Å². The van der Waals surface area contributed by atoms with Crippen LogP contribution in [0.15, 0.2) is 36.7 Å². The van der Waals surface area contributed by atoms with Gasteiger partial charge in [0.15, 0.2) is 0 Å². The highest BCUT2D eigenvalue weighted by Crippen LogP contribution is 2.33. The molecule has 1 aromatic heterocycles. The minimum absolute atomic E-state index is 0.160. The zero-order valence-electron chi connectivity index (χ0n) is 17.4. The maximum atomic E-state index is 13.1.